The normalized spacial score (nSPS) is 12.0. The molecule has 0 aliphatic carbocycles. The fraction of sp³-hybridized carbons (Fsp3) is 0.368. The molecule has 7 heteroatoms. The highest BCUT2D eigenvalue weighted by molar-refractivity contribution is 9.14. The van der Waals surface area contributed by atoms with Crippen LogP contribution >= 0.6 is 79.6 Å². The SMILES string of the molecule is BrCCCC(Br)Cc1ccccc1OCCOc1ccc(Br)c(Br)c1Br. The van der Waals surface area contributed by atoms with E-state index < -0.39 is 0 Å². The van der Waals surface area contributed by atoms with Crippen molar-refractivity contribution in [2.45, 2.75) is 24.1 Å². The Morgan fingerprint density at radius 1 is 0.846 bits per heavy atom. The van der Waals surface area contributed by atoms with E-state index in [-0.39, 0.29) is 0 Å². The van der Waals surface area contributed by atoms with Crippen LogP contribution in [-0.4, -0.2) is 23.4 Å². The molecule has 0 saturated heterocycles. The lowest BCUT2D eigenvalue weighted by molar-refractivity contribution is 0.215. The number of hydrogen-bond donors (Lipinski definition) is 0. The Morgan fingerprint density at radius 3 is 2.27 bits per heavy atom. The van der Waals surface area contributed by atoms with Gasteiger partial charge >= 0.3 is 0 Å². The molecule has 2 nitrogen and oxygen atoms in total. The molecule has 1 unspecified atom stereocenters. The first kappa shape index (κ1) is 22.7. The molecule has 1 atom stereocenters. The van der Waals surface area contributed by atoms with Crippen LogP contribution in [0, 0.1) is 0 Å². The zero-order chi connectivity index (χ0) is 18.9. The number of alkyl halides is 2. The van der Waals surface area contributed by atoms with Crippen LogP contribution in [0.4, 0.5) is 0 Å². The van der Waals surface area contributed by atoms with E-state index in [2.05, 4.69) is 91.8 Å². The van der Waals surface area contributed by atoms with Crippen molar-refractivity contribution in [1.29, 1.82) is 0 Å². The van der Waals surface area contributed by atoms with Crippen LogP contribution in [0.1, 0.15) is 18.4 Å². The maximum Gasteiger partial charge on any atom is 0.134 e. The summed E-state index contributed by atoms with van der Waals surface area (Å²) in [5.41, 5.74) is 1.22. The second-order valence-corrected chi connectivity index (χ2v) is 10.1. The van der Waals surface area contributed by atoms with Crippen molar-refractivity contribution in [2.24, 2.45) is 0 Å². The minimum Gasteiger partial charge on any atom is -0.490 e. The fourth-order valence-electron chi connectivity index (χ4n) is 2.38. The molecule has 0 saturated carbocycles. The van der Waals surface area contributed by atoms with E-state index in [1.165, 1.54) is 5.56 Å². The Morgan fingerprint density at radius 2 is 1.54 bits per heavy atom. The smallest absolute Gasteiger partial charge is 0.134 e. The topological polar surface area (TPSA) is 18.5 Å². The molecular weight excluding hydrogens is 660 g/mol. The lowest BCUT2D eigenvalue weighted by Gasteiger charge is -2.15. The largest absolute Gasteiger partial charge is 0.490 e. The Balaban J connectivity index is 1.87. The molecule has 0 bridgehead atoms. The number of para-hydroxylation sites is 1. The van der Waals surface area contributed by atoms with E-state index in [4.69, 9.17) is 9.47 Å². The Hall–Kier alpha value is 0.440. The molecule has 26 heavy (non-hydrogen) atoms. The van der Waals surface area contributed by atoms with Gasteiger partial charge in [0.15, 0.2) is 0 Å². The van der Waals surface area contributed by atoms with Gasteiger partial charge in [0.1, 0.15) is 24.7 Å². The van der Waals surface area contributed by atoms with Crippen LogP contribution < -0.4 is 9.47 Å². The van der Waals surface area contributed by atoms with Crippen LogP contribution in [0.5, 0.6) is 11.5 Å². The molecular formula is C19H19Br5O2. The highest BCUT2D eigenvalue weighted by Gasteiger charge is 2.11. The van der Waals surface area contributed by atoms with Gasteiger partial charge in [-0.3, -0.25) is 0 Å². The molecule has 0 spiro atoms. The lowest BCUT2D eigenvalue weighted by atomic mass is 10.1. The van der Waals surface area contributed by atoms with E-state index >= 15 is 0 Å². The van der Waals surface area contributed by atoms with Crippen LogP contribution in [-0.2, 0) is 6.42 Å². The maximum absolute atomic E-state index is 5.97. The molecule has 2 aromatic rings. The summed E-state index contributed by atoms with van der Waals surface area (Å²) < 4.78 is 14.6. The monoisotopic (exact) mass is 674 g/mol. The van der Waals surface area contributed by atoms with E-state index in [1.54, 1.807) is 0 Å². The van der Waals surface area contributed by atoms with Crippen molar-refractivity contribution in [2.75, 3.05) is 18.5 Å². The molecule has 0 aromatic heterocycles. The van der Waals surface area contributed by atoms with Crippen molar-refractivity contribution in [1.82, 2.24) is 0 Å². The first-order chi connectivity index (χ1) is 12.5. The van der Waals surface area contributed by atoms with Gasteiger partial charge < -0.3 is 9.47 Å². The minimum atomic E-state index is 0.456. The number of halogens is 5. The van der Waals surface area contributed by atoms with E-state index in [0.717, 1.165) is 49.5 Å². The predicted octanol–water partition coefficient (Wildman–Crippen LogP) is 7.91. The second-order valence-electron chi connectivity index (χ2n) is 5.61. The summed E-state index contributed by atoms with van der Waals surface area (Å²) in [7, 11) is 0. The first-order valence-corrected chi connectivity index (χ1v) is 12.6. The molecule has 2 rings (SSSR count). The standard InChI is InChI=1S/C19H19Br5O2/c20-9-3-5-14(21)12-13-4-1-2-6-16(13)25-10-11-26-17-8-7-15(22)18(23)19(17)24/h1-2,4,6-8,14H,3,5,9-12H2. The summed E-state index contributed by atoms with van der Waals surface area (Å²) in [5.74, 6) is 1.71. The van der Waals surface area contributed by atoms with Gasteiger partial charge in [-0.1, -0.05) is 50.1 Å². The molecule has 0 amide bonds. The summed E-state index contributed by atoms with van der Waals surface area (Å²) in [6.07, 6.45) is 3.24. The summed E-state index contributed by atoms with van der Waals surface area (Å²) in [5, 5.41) is 1.03. The van der Waals surface area contributed by atoms with Gasteiger partial charge in [0.2, 0.25) is 0 Å². The summed E-state index contributed by atoms with van der Waals surface area (Å²) >= 11 is 17.8. The van der Waals surface area contributed by atoms with Gasteiger partial charge in [-0.2, -0.15) is 0 Å². The number of ether oxygens (including phenoxy) is 2. The van der Waals surface area contributed by atoms with Crippen molar-refractivity contribution in [3.63, 3.8) is 0 Å². The van der Waals surface area contributed by atoms with Crippen molar-refractivity contribution in [3.05, 3.63) is 55.4 Å². The third-order valence-electron chi connectivity index (χ3n) is 3.66. The lowest BCUT2D eigenvalue weighted by Crippen LogP contribution is -2.11. The van der Waals surface area contributed by atoms with Crippen LogP contribution in [0.2, 0.25) is 0 Å². The quantitative estimate of drug-likeness (QED) is 0.145. The first-order valence-electron chi connectivity index (χ1n) is 8.20. The number of rotatable bonds is 10. The van der Waals surface area contributed by atoms with Gasteiger partial charge in [0, 0.05) is 19.1 Å². The van der Waals surface area contributed by atoms with E-state index in [9.17, 15) is 0 Å². The summed E-state index contributed by atoms with van der Waals surface area (Å²) in [6.45, 7) is 0.966. The van der Waals surface area contributed by atoms with Gasteiger partial charge in [0.25, 0.3) is 0 Å². The average molecular weight is 679 g/mol. The Labute approximate surface area is 197 Å². The Bertz CT molecular complexity index is 708. The fourth-order valence-corrected chi connectivity index (χ4v) is 4.76. The number of benzene rings is 2. The van der Waals surface area contributed by atoms with Crippen LogP contribution in [0.15, 0.2) is 49.8 Å². The number of hydrogen-bond acceptors (Lipinski definition) is 2. The Kier molecular flexibility index (Phi) is 10.6. The second kappa shape index (κ2) is 12.1. The van der Waals surface area contributed by atoms with E-state index in [1.807, 2.05) is 24.3 Å². The molecule has 0 radical (unpaired) electrons. The average Bonchev–Trinajstić information content (AvgIpc) is 2.64. The predicted molar refractivity (Wildman–Crippen MR) is 126 cm³/mol. The van der Waals surface area contributed by atoms with Crippen molar-refractivity contribution < 1.29 is 9.47 Å². The molecule has 0 N–H and O–H groups in total. The molecule has 142 valence electrons. The molecule has 0 aliphatic rings. The molecule has 0 fully saturated rings. The summed E-state index contributed by atoms with van der Waals surface area (Å²) in [6, 6.07) is 12.1. The van der Waals surface area contributed by atoms with E-state index in [0.29, 0.717) is 18.0 Å². The minimum absolute atomic E-state index is 0.456. The molecule has 2 aromatic carbocycles. The zero-order valence-electron chi connectivity index (χ0n) is 14.0. The highest BCUT2D eigenvalue weighted by atomic mass is 79.9. The maximum atomic E-state index is 5.97. The van der Waals surface area contributed by atoms with Crippen molar-refractivity contribution >= 4 is 79.6 Å². The third kappa shape index (κ3) is 7.12. The summed E-state index contributed by atoms with van der Waals surface area (Å²) in [4.78, 5) is 0.456. The van der Waals surface area contributed by atoms with Gasteiger partial charge in [0.05, 0.1) is 4.47 Å². The molecule has 0 heterocycles. The third-order valence-corrected chi connectivity index (χ3v) is 8.34. The highest BCUT2D eigenvalue weighted by Crippen LogP contribution is 2.37. The van der Waals surface area contributed by atoms with Gasteiger partial charge in [-0.25, -0.2) is 0 Å². The zero-order valence-corrected chi connectivity index (χ0v) is 21.9. The molecule has 0 aliphatic heterocycles. The van der Waals surface area contributed by atoms with Gasteiger partial charge in [-0.15, -0.1) is 0 Å². The van der Waals surface area contributed by atoms with Crippen LogP contribution in [0.25, 0.3) is 0 Å². The van der Waals surface area contributed by atoms with Gasteiger partial charge in [-0.05, 0) is 90.8 Å². The van der Waals surface area contributed by atoms with Crippen LogP contribution in [0.3, 0.4) is 0 Å². The van der Waals surface area contributed by atoms with Crippen molar-refractivity contribution in [3.8, 4) is 11.5 Å².